The minimum Gasteiger partial charge on any atom is -0.397 e. The number of halogens is 3. The molecule has 5 nitrogen and oxygen atoms in total. The summed E-state index contributed by atoms with van der Waals surface area (Å²) >= 11 is 0. The first-order valence-electron chi connectivity index (χ1n) is 12.2. The first-order chi connectivity index (χ1) is 17.2. The Bertz CT molecular complexity index is 1200. The smallest absolute Gasteiger partial charge is 0.397 e. The van der Waals surface area contributed by atoms with Crippen molar-refractivity contribution in [3.8, 4) is 11.1 Å². The van der Waals surface area contributed by atoms with Gasteiger partial charge in [0, 0.05) is 49.2 Å². The zero-order chi connectivity index (χ0) is 25.7. The Labute approximate surface area is 209 Å². The standard InChI is InChI=1S/C28H31F3N4O/c1-20(36)21-6-4-7-22(18-21)25-11-12-33-26(27(25)32)10-2-3-13-34-14-16-35(17-15-34)24-9-5-8-23(19-24)28(29,30)31/h4-9,11-12,18-19H,2-3,10,13-17,32H2,1H3. The molecule has 190 valence electrons. The topological polar surface area (TPSA) is 62.5 Å². The molecule has 0 aliphatic carbocycles. The number of unbranched alkanes of at least 4 members (excludes halogenated alkanes) is 1. The minimum atomic E-state index is -4.33. The van der Waals surface area contributed by atoms with Crippen molar-refractivity contribution in [2.24, 2.45) is 0 Å². The molecule has 0 radical (unpaired) electrons. The van der Waals surface area contributed by atoms with Crippen molar-refractivity contribution < 1.29 is 18.0 Å². The number of rotatable bonds is 8. The lowest BCUT2D eigenvalue weighted by molar-refractivity contribution is -0.137. The second-order valence-electron chi connectivity index (χ2n) is 9.19. The van der Waals surface area contributed by atoms with Crippen molar-refractivity contribution in [2.75, 3.05) is 43.4 Å². The number of alkyl halides is 3. The second-order valence-corrected chi connectivity index (χ2v) is 9.19. The van der Waals surface area contributed by atoms with Crippen LogP contribution in [0.4, 0.5) is 24.5 Å². The van der Waals surface area contributed by atoms with E-state index in [2.05, 4.69) is 9.88 Å². The molecule has 1 aliphatic heterocycles. The van der Waals surface area contributed by atoms with E-state index < -0.39 is 11.7 Å². The molecule has 4 rings (SSSR count). The third-order valence-corrected chi connectivity index (χ3v) is 6.70. The fraction of sp³-hybridized carbons (Fsp3) is 0.357. The zero-order valence-corrected chi connectivity index (χ0v) is 20.4. The third kappa shape index (κ3) is 6.23. The predicted molar refractivity (Wildman–Crippen MR) is 137 cm³/mol. The first-order valence-corrected chi connectivity index (χ1v) is 12.2. The lowest BCUT2D eigenvalue weighted by atomic mass is 9.99. The van der Waals surface area contributed by atoms with Gasteiger partial charge in [-0.1, -0.05) is 24.3 Å². The molecule has 1 saturated heterocycles. The Balaban J connectivity index is 1.27. The van der Waals surface area contributed by atoms with Gasteiger partial charge in [-0.25, -0.2) is 0 Å². The number of aryl methyl sites for hydroxylation is 1. The van der Waals surface area contributed by atoms with Crippen LogP contribution in [0.1, 0.15) is 41.4 Å². The monoisotopic (exact) mass is 496 g/mol. The van der Waals surface area contributed by atoms with Crippen LogP contribution in [-0.4, -0.2) is 48.4 Å². The van der Waals surface area contributed by atoms with E-state index >= 15 is 0 Å². The van der Waals surface area contributed by atoms with Crippen LogP contribution in [0.25, 0.3) is 11.1 Å². The number of Topliss-reactive ketones (excluding diaryl/α,β-unsaturated/α-hetero) is 1. The maximum absolute atomic E-state index is 13.0. The van der Waals surface area contributed by atoms with Crippen LogP contribution in [0.5, 0.6) is 0 Å². The largest absolute Gasteiger partial charge is 0.416 e. The SMILES string of the molecule is CC(=O)c1cccc(-c2ccnc(CCCCN3CCN(c4cccc(C(F)(F)F)c4)CC3)c2N)c1. The molecule has 0 bridgehead atoms. The zero-order valence-electron chi connectivity index (χ0n) is 20.4. The van der Waals surface area contributed by atoms with Crippen molar-refractivity contribution in [1.29, 1.82) is 0 Å². The lowest BCUT2D eigenvalue weighted by Crippen LogP contribution is -2.46. The van der Waals surface area contributed by atoms with Crippen LogP contribution in [0.2, 0.25) is 0 Å². The number of ketones is 1. The number of carbonyl (C=O) groups excluding carboxylic acids is 1. The summed E-state index contributed by atoms with van der Waals surface area (Å²) in [5.74, 6) is 0.0142. The molecule has 0 atom stereocenters. The number of aromatic nitrogens is 1. The number of carbonyl (C=O) groups is 1. The van der Waals surface area contributed by atoms with E-state index in [0.717, 1.165) is 61.8 Å². The first kappa shape index (κ1) is 25.7. The molecule has 0 saturated carbocycles. The molecule has 0 unspecified atom stereocenters. The van der Waals surface area contributed by atoms with Crippen LogP contribution in [0, 0.1) is 0 Å². The molecule has 0 spiro atoms. The maximum atomic E-state index is 13.0. The van der Waals surface area contributed by atoms with E-state index in [1.807, 2.05) is 29.2 Å². The molecular formula is C28H31F3N4O. The quantitative estimate of drug-likeness (QED) is 0.320. The van der Waals surface area contributed by atoms with Crippen LogP contribution in [0.3, 0.4) is 0 Å². The number of nitrogens with zero attached hydrogens (tertiary/aromatic N) is 3. The number of piperazine rings is 1. The maximum Gasteiger partial charge on any atom is 0.416 e. The highest BCUT2D eigenvalue weighted by molar-refractivity contribution is 5.95. The van der Waals surface area contributed by atoms with Gasteiger partial charge < -0.3 is 10.6 Å². The van der Waals surface area contributed by atoms with Gasteiger partial charge >= 0.3 is 6.18 Å². The summed E-state index contributed by atoms with van der Waals surface area (Å²) in [4.78, 5) is 20.6. The summed E-state index contributed by atoms with van der Waals surface area (Å²) in [6, 6.07) is 14.9. The number of hydrogen-bond donors (Lipinski definition) is 1. The lowest BCUT2D eigenvalue weighted by Gasteiger charge is -2.36. The fourth-order valence-electron chi connectivity index (χ4n) is 4.61. The highest BCUT2D eigenvalue weighted by atomic mass is 19.4. The van der Waals surface area contributed by atoms with Gasteiger partial charge in [-0.2, -0.15) is 13.2 Å². The van der Waals surface area contributed by atoms with E-state index in [1.165, 1.54) is 12.1 Å². The summed E-state index contributed by atoms with van der Waals surface area (Å²) in [5.41, 5.74) is 10.4. The normalized spacial score (nSPS) is 14.7. The molecule has 8 heteroatoms. The number of benzene rings is 2. The summed E-state index contributed by atoms with van der Waals surface area (Å²) in [7, 11) is 0. The molecule has 1 fully saturated rings. The molecule has 1 aliphatic rings. The van der Waals surface area contributed by atoms with Gasteiger partial charge in [0.1, 0.15) is 0 Å². The fourth-order valence-corrected chi connectivity index (χ4v) is 4.61. The Morgan fingerprint density at radius 3 is 2.47 bits per heavy atom. The molecule has 1 aromatic heterocycles. The number of anilines is 2. The van der Waals surface area contributed by atoms with Gasteiger partial charge in [-0.05, 0) is 68.6 Å². The van der Waals surface area contributed by atoms with E-state index in [-0.39, 0.29) is 5.78 Å². The van der Waals surface area contributed by atoms with Gasteiger partial charge in [-0.15, -0.1) is 0 Å². The van der Waals surface area contributed by atoms with E-state index in [0.29, 0.717) is 30.0 Å². The van der Waals surface area contributed by atoms with E-state index in [4.69, 9.17) is 5.73 Å². The van der Waals surface area contributed by atoms with Gasteiger partial charge in [0.15, 0.2) is 5.78 Å². The highest BCUT2D eigenvalue weighted by Gasteiger charge is 2.31. The predicted octanol–water partition coefficient (Wildman–Crippen LogP) is 5.70. The number of nitrogen functional groups attached to an aromatic ring is 1. The van der Waals surface area contributed by atoms with Crippen molar-refractivity contribution in [1.82, 2.24) is 9.88 Å². The third-order valence-electron chi connectivity index (χ3n) is 6.70. The van der Waals surface area contributed by atoms with Crippen LogP contribution in [-0.2, 0) is 12.6 Å². The Kier molecular flexibility index (Phi) is 7.94. The summed E-state index contributed by atoms with van der Waals surface area (Å²) in [6.07, 6.45) is 0.107. The van der Waals surface area contributed by atoms with Crippen LogP contribution < -0.4 is 10.6 Å². The molecule has 0 amide bonds. The summed E-state index contributed by atoms with van der Waals surface area (Å²) < 4.78 is 39.1. The van der Waals surface area contributed by atoms with Crippen molar-refractivity contribution in [3.63, 3.8) is 0 Å². The Morgan fingerprint density at radius 2 is 1.75 bits per heavy atom. The Morgan fingerprint density at radius 1 is 1.00 bits per heavy atom. The minimum absolute atomic E-state index is 0.0142. The highest BCUT2D eigenvalue weighted by Crippen LogP contribution is 2.32. The number of hydrogen-bond acceptors (Lipinski definition) is 5. The average Bonchev–Trinajstić information content (AvgIpc) is 2.87. The number of nitrogens with two attached hydrogens (primary N) is 1. The van der Waals surface area contributed by atoms with Crippen LogP contribution in [0.15, 0.2) is 60.8 Å². The average molecular weight is 497 g/mol. The second kappa shape index (κ2) is 11.1. The summed E-state index contributed by atoms with van der Waals surface area (Å²) in [5, 5.41) is 0. The molecule has 2 N–H and O–H groups in total. The summed E-state index contributed by atoms with van der Waals surface area (Å²) in [6.45, 7) is 5.52. The van der Waals surface area contributed by atoms with E-state index in [1.54, 1.807) is 25.3 Å². The Hall–Kier alpha value is -3.39. The van der Waals surface area contributed by atoms with Gasteiger partial charge in [-0.3, -0.25) is 14.7 Å². The van der Waals surface area contributed by atoms with Crippen molar-refractivity contribution in [2.45, 2.75) is 32.4 Å². The van der Waals surface area contributed by atoms with Crippen molar-refractivity contribution in [3.05, 3.63) is 77.6 Å². The molecule has 36 heavy (non-hydrogen) atoms. The molecular weight excluding hydrogens is 465 g/mol. The van der Waals surface area contributed by atoms with E-state index in [9.17, 15) is 18.0 Å². The van der Waals surface area contributed by atoms with Crippen molar-refractivity contribution >= 4 is 17.2 Å². The molecule has 3 aromatic rings. The van der Waals surface area contributed by atoms with Gasteiger partial charge in [0.2, 0.25) is 0 Å². The van der Waals surface area contributed by atoms with Gasteiger partial charge in [0.05, 0.1) is 16.9 Å². The molecule has 2 heterocycles. The van der Waals surface area contributed by atoms with Gasteiger partial charge in [0.25, 0.3) is 0 Å². The van der Waals surface area contributed by atoms with Crippen LogP contribution >= 0.6 is 0 Å². The molecule has 2 aromatic carbocycles. The number of pyridine rings is 1.